The van der Waals surface area contributed by atoms with E-state index in [4.69, 9.17) is 16.6 Å². The van der Waals surface area contributed by atoms with Gasteiger partial charge in [0, 0.05) is 16.1 Å². The van der Waals surface area contributed by atoms with Gasteiger partial charge in [0.25, 0.3) is 0 Å². The normalized spacial score (nSPS) is 16.0. The van der Waals surface area contributed by atoms with Crippen molar-refractivity contribution >= 4 is 40.5 Å². The van der Waals surface area contributed by atoms with Crippen LogP contribution in [0.4, 0.5) is 5.69 Å². The van der Waals surface area contributed by atoms with Crippen LogP contribution >= 0.6 is 11.6 Å². The summed E-state index contributed by atoms with van der Waals surface area (Å²) in [6.07, 6.45) is 0. The fourth-order valence-corrected chi connectivity index (χ4v) is 3.15. The van der Waals surface area contributed by atoms with E-state index in [-0.39, 0.29) is 12.3 Å². The average molecular weight is 353 g/mol. The Hall–Kier alpha value is -2.99. The van der Waals surface area contributed by atoms with Crippen LogP contribution in [0.25, 0.3) is 0 Å². The number of carbonyl (C=O) groups is 1. The zero-order chi connectivity index (χ0) is 17.4. The second-order valence-corrected chi connectivity index (χ2v) is 6.02. The molecule has 7 heteroatoms. The number of fused-ring (bicyclic) bond motifs is 3. The SMILES string of the molecule is O=C(O)C1=NN=C2CN=C(c3ccccc3Cl)c3ccccc3N2C1. The number of carboxylic acid groups (broad SMARTS) is 1. The highest BCUT2D eigenvalue weighted by molar-refractivity contribution is 6.39. The summed E-state index contributed by atoms with van der Waals surface area (Å²) in [4.78, 5) is 17.8. The van der Waals surface area contributed by atoms with Gasteiger partial charge in [0.15, 0.2) is 11.5 Å². The zero-order valence-electron chi connectivity index (χ0n) is 13.1. The summed E-state index contributed by atoms with van der Waals surface area (Å²) in [6, 6.07) is 15.2. The fourth-order valence-electron chi connectivity index (χ4n) is 2.92. The Morgan fingerprint density at radius 1 is 1.04 bits per heavy atom. The molecule has 2 aliphatic heterocycles. The third kappa shape index (κ3) is 2.70. The molecule has 2 aromatic rings. The van der Waals surface area contributed by atoms with Crippen molar-refractivity contribution < 1.29 is 9.90 Å². The first-order valence-corrected chi connectivity index (χ1v) is 8.06. The Balaban J connectivity index is 1.88. The highest BCUT2D eigenvalue weighted by Gasteiger charge is 2.29. The van der Waals surface area contributed by atoms with Gasteiger partial charge in [-0.15, -0.1) is 10.2 Å². The lowest BCUT2D eigenvalue weighted by molar-refractivity contribution is -0.129. The van der Waals surface area contributed by atoms with Crippen LogP contribution in [0.15, 0.2) is 63.7 Å². The van der Waals surface area contributed by atoms with E-state index in [2.05, 4.69) is 10.2 Å². The van der Waals surface area contributed by atoms with Crippen LogP contribution in [0.2, 0.25) is 5.02 Å². The molecule has 0 fully saturated rings. The average Bonchev–Trinajstić information content (AvgIpc) is 2.79. The Morgan fingerprint density at radius 3 is 2.52 bits per heavy atom. The molecule has 0 bridgehead atoms. The summed E-state index contributed by atoms with van der Waals surface area (Å²) in [5.74, 6) is -0.462. The number of hydrogen-bond acceptors (Lipinski definition) is 5. The molecule has 2 aliphatic rings. The number of rotatable bonds is 2. The van der Waals surface area contributed by atoms with Crippen LogP contribution in [0.5, 0.6) is 0 Å². The summed E-state index contributed by atoms with van der Waals surface area (Å²) < 4.78 is 0. The summed E-state index contributed by atoms with van der Waals surface area (Å²) >= 11 is 6.37. The van der Waals surface area contributed by atoms with Gasteiger partial charge < -0.3 is 10.0 Å². The topological polar surface area (TPSA) is 77.6 Å². The van der Waals surface area contributed by atoms with Gasteiger partial charge in [-0.05, 0) is 12.1 Å². The molecule has 6 nitrogen and oxygen atoms in total. The fraction of sp³-hybridized carbons (Fsp3) is 0.111. The van der Waals surface area contributed by atoms with Crippen LogP contribution in [0.1, 0.15) is 11.1 Å². The first-order valence-electron chi connectivity index (χ1n) is 7.68. The number of para-hydroxylation sites is 1. The number of halogens is 1. The van der Waals surface area contributed by atoms with E-state index < -0.39 is 5.97 Å². The lowest BCUT2D eigenvalue weighted by atomic mass is 10.00. The van der Waals surface area contributed by atoms with Crippen molar-refractivity contribution in [3.05, 3.63) is 64.7 Å². The van der Waals surface area contributed by atoms with Crippen LogP contribution in [-0.2, 0) is 4.79 Å². The molecule has 0 amide bonds. The van der Waals surface area contributed by atoms with Crippen molar-refractivity contribution in [2.45, 2.75) is 0 Å². The Kier molecular flexibility index (Phi) is 3.82. The van der Waals surface area contributed by atoms with Crippen molar-refractivity contribution in [2.24, 2.45) is 15.2 Å². The maximum atomic E-state index is 11.3. The van der Waals surface area contributed by atoms with Crippen LogP contribution < -0.4 is 4.90 Å². The van der Waals surface area contributed by atoms with E-state index in [1.165, 1.54) is 0 Å². The second kappa shape index (κ2) is 6.14. The van der Waals surface area contributed by atoms with Crippen molar-refractivity contribution in [1.29, 1.82) is 0 Å². The Bertz CT molecular complexity index is 965. The third-order valence-electron chi connectivity index (χ3n) is 4.11. The van der Waals surface area contributed by atoms with Crippen molar-refractivity contribution in [2.75, 3.05) is 18.0 Å². The summed E-state index contributed by atoms with van der Waals surface area (Å²) in [7, 11) is 0. The first-order chi connectivity index (χ1) is 12.1. The van der Waals surface area contributed by atoms with Crippen molar-refractivity contribution in [3.8, 4) is 0 Å². The molecule has 0 aromatic heterocycles. The summed E-state index contributed by atoms with van der Waals surface area (Å²) in [5, 5.41) is 17.7. The first kappa shape index (κ1) is 15.5. The number of carboxylic acids is 1. The minimum Gasteiger partial charge on any atom is -0.477 e. The number of benzene rings is 2. The molecule has 0 saturated heterocycles. The Morgan fingerprint density at radius 2 is 1.76 bits per heavy atom. The minimum absolute atomic E-state index is 0.000235. The molecule has 0 radical (unpaired) electrons. The van der Waals surface area contributed by atoms with E-state index in [9.17, 15) is 9.90 Å². The molecule has 0 aliphatic carbocycles. The zero-order valence-corrected chi connectivity index (χ0v) is 13.8. The second-order valence-electron chi connectivity index (χ2n) is 5.62. The highest BCUT2D eigenvalue weighted by Crippen LogP contribution is 2.30. The number of aliphatic carboxylic acids is 1. The predicted octanol–water partition coefficient (Wildman–Crippen LogP) is 2.85. The van der Waals surface area contributed by atoms with Crippen molar-refractivity contribution in [1.82, 2.24) is 0 Å². The summed E-state index contributed by atoms with van der Waals surface area (Å²) in [5.41, 5.74) is 3.31. The lowest BCUT2D eigenvalue weighted by Gasteiger charge is -2.27. The number of hydrogen-bond donors (Lipinski definition) is 1. The third-order valence-corrected chi connectivity index (χ3v) is 4.44. The summed E-state index contributed by atoms with van der Waals surface area (Å²) in [6.45, 7) is 0.447. The molecule has 124 valence electrons. The molecule has 1 N–H and O–H groups in total. The molecular weight excluding hydrogens is 340 g/mol. The van der Waals surface area contributed by atoms with Crippen molar-refractivity contribution in [3.63, 3.8) is 0 Å². The largest absolute Gasteiger partial charge is 0.477 e. The molecule has 2 aromatic carbocycles. The van der Waals surface area contributed by atoms with Gasteiger partial charge in [0.1, 0.15) is 0 Å². The quantitative estimate of drug-likeness (QED) is 0.902. The van der Waals surface area contributed by atoms with Gasteiger partial charge in [-0.1, -0.05) is 48.0 Å². The van der Waals surface area contributed by atoms with E-state index in [1.54, 1.807) is 0 Å². The maximum Gasteiger partial charge on any atom is 0.354 e. The standard InChI is InChI=1S/C18H13ClN4O2/c19-13-7-3-1-5-11(13)17-12-6-2-4-8-15(12)23-10-14(18(24)25)21-22-16(23)9-20-17/h1-8H,9-10H2,(H,24,25). The molecule has 25 heavy (non-hydrogen) atoms. The smallest absolute Gasteiger partial charge is 0.354 e. The molecular formula is C18H13ClN4O2. The molecule has 0 atom stereocenters. The van der Waals surface area contributed by atoms with E-state index in [0.717, 1.165) is 22.5 Å². The molecule has 0 unspecified atom stereocenters. The minimum atomic E-state index is -1.07. The number of amidine groups is 1. The predicted molar refractivity (Wildman–Crippen MR) is 98.3 cm³/mol. The monoisotopic (exact) mass is 352 g/mol. The van der Waals surface area contributed by atoms with Crippen LogP contribution in [-0.4, -0.2) is 41.4 Å². The number of nitrogens with zero attached hydrogens (tertiary/aromatic N) is 4. The van der Waals surface area contributed by atoms with E-state index in [0.29, 0.717) is 17.4 Å². The molecule has 2 heterocycles. The van der Waals surface area contributed by atoms with E-state index in [1.807, 2.05) is 53.4 Å². The van der Waals surface area contributed by atoms with Gasteiger partial charge >= 0.3 is 5.97 Å². The molecule has 0 saturated carbocycles. The molecule has 0 spiro atoms. The maximum absolute atomic E-state index is 11.3. The lowest BCUT2D eigenvalue weighted by Crippen LogP contribution is -2.42. The number of anilines is 1. The Labute approximate surface area is 148 Å². The van der Waals surface area contributed by atoms with Crippen LogP contribution in [0.3, 0.4) is 0 Å². The van der Waals surface area contributed by atoms with Gasteiger partial charge in [-0.25, -0.2) is 4.79 Å². The van der Waals surface area contributed by atoms with Gasteiger partial charge in [0.2, 0.25) is 0 Å². The van der Waals surface area contributed by atoms with Crippen LogP contribution in [0, 0.1) is 0 Å². The number of aliphatic imine (C=N–C) groups is 1. The van der Waals surface area contributed by atoms with Gasteiger partial charge in [0.05, 0.1) is 24.5 Å². The highest BCUT2D eigenvalue weighted by atomic mass is 35.5. The van der Waals surface area contributed by atoms with Gasteiger partial charge in [-0.2, -0.15) is 0 Å². The molecule has 4 rings (SSSR count). The van der Waals surface area contributed by atoms with E-state index >= 15 is 0 Å². The van der Waals surface area contributed by atoms with Gasteiger partial charge in [-0.3, -0.25) is 4.99 Å².